The molecule has 3 rings (SSSR count). The zero-order chi connectivity index (χ0) is 22.3. The molecule has 2 N–H and O–H groups in total. The van der Waals surface area contributed by atoms with Crippen molar-refractivity contribution in [2.24, 2.45) is 5.16 Å². The molecule has 0 spiro atoms. The van der Waals surface area contributed by atoms with E-state index in [4.69, 9.17) is 33.1 Å². The molecule has 2 aromatic carbocycles. The Morgan fingerprint density at radius 2 is 1.80 bits per heavy atom. The van der Waals surface area contributed by atoms with Gasteiger partial charge in [0, 0.05) is 27.6 Å². The van der Waals surface area contributed by atoms with Gasteiger partial charge in [0.15, 0.2) is 0 Å². The lowest BCUT2D eigenvalue weighted by atomic mass is 9.86. The molecule has 30 heavy (non-hydrogen) atoms. The van der Waals surface area contributed by atoms with Crippen molar-refractivity contribution in [1.29, 1.82) is 0 Å². The highest BCUT2D eigenvalue weighted by Crippen LogP contribution is 2.49. The average Bonchev–Trinajstić information content (AvgIpc) is 3.06. The summed E-state index contributed by atoms with van der Waals surface area (Å²) in [5.41, 5.74) is -2.37. The fourth-order valence-electron chi connectivity index (χ4n) is 3.11. The molecule has 1 heterocycles. The number of aryl methyl sites for hydroxylation is 1. The van der Waals surface area contributed by atoms with Gasteiger partial charge >= 0.3 is 12.3 Å². The summed E-state index contributed by atoms with van der Waals surface area (Å²) in [6, 6.07) is 7.63. The van der Waals surface area contributed by atoms with Gasteiger partial charge in [-0.05, 0) is 48.4 Å². The van der Waals surface area contributed by atoms with E-state index in [1.165, 1.54) is 31.2 Å². The van der Waals surface area contributed by atoms with Crippen molar-refractivity contribution in [1.82, 2.24) is 5.32 Å². The van der Waals surface area contributed by atoms with Crippen molar-refractivity contribution >= 4 is 40.9 Å². The van der Waals surface area contributed by atoms with Gasteiger partial charge in [-0.15, -0.1) is 0 Å². The van der Waals surface area contributed by atoms with E-state index in [1.807, 2.05) is 0 Å². The van der Waals surface area contributed by atoms with E-state index in [-0.39, 0.29) is 26.9 Å². The highest BCUT2D eigenvalue weighted by molar-refractivity contribution is 6.34. The Balaban J connectivity index is 1.96. The van der Waals surface area contributed by atoms with E-state index >= 15 is 0 Å². The van der Waals surface area contributed by atoms with Gasteiger partial charge in [-0.2, -0.15) is 13.2 Å². The molecule has 11 heteroatoms. The van der Waals surface area contributed by atoms with Crippen LogP contribution in [0.3, 0.4) is 0 Å². The molecule has 0 radical (unpaired) electrons. The Morgan fingerprint density at radius 3 is 2.33 bits per heavy atom. The minimum Gasteiger partial charge on any atom is -0.465 e. The van der Waals surface area contributed by atoms with E-state index in [1.54, 1.807) is 5.32 Å². The third kappa shape index (κ3) is 4.08. The third-order valence-electron chi connectivity index (χ3n) is 4.54. The molecule has 6 nitrogen and oxygen atoms in total. The molecule has 0 aromatic heterocycles. The standard InChI is InChI=1S/C19H13Cl2F3N2O4/c1-9-4-10(2-3-14(9)16(27)25-17(28)29)15-8-18(30-26-15,19(22,23)24)11-5-12(20)7-13(21)6-11/h2-7H,8H2,1H3,(H,25,27)(H,28,29). The third-order valence-corrected chi connectivity index (χ3v) is 4.98. The maximum Gasteiger partial charge on any atom is 0.435 e. The van der Waals surface area contributed by atoms with E-state index in [0.717, 1.165) is 12.1 Å². The first-order valence-corrected chi connectivity index (χ1v) is 9.12. The molecule has 0 bridgehead atoms. The lowest BCUT2D eigenvalue weighted by Crippen LogP contribution is -2.42. The Morgan fingerprint density at radius 1 is 1.17 bits per heavy atom. The summed E-state index contributed by atoms with van der Waals surface area (Å²) in [7, 11) is 0. The van der Waals surface area contributed by atoms with Crippen LogP contribution in [0.25, 0.3) is 0 Å². The number of carboxylic acid groups (broad SMARTS) is 1. The SMILES string of the molecule is Cc1cc(C2=NOC(c3cc(Cl)cc(Cl)c3)(C(F)(F)F)C2)ccc1C(=O)NC(=O)O. The van der Waals surface area contributed by atoms with Gasteiger partial charge in [0.05, 0.1) is 5.71 Å². The van der Waals surface area contributed by atoms with E-state index < -0.39 is 30.2 Å². The number of rotatable bonds is 3. The number of amides is 2. The number of hydrogen-bond acceptors (Lipinski definition) is 4. The summed E-state index contributed by atoms with van der Waals surface area (Å²) in [4.78, 5) is 27.4. The molecule has 1 aliphatic heterocycles. The normalized spacial score (nSPS) is 18.5. The van der Waals surface area contributed by atoms with Gasteiger partial charge in [0.25, 0.3) is 11.5 Å². The van der Waals surface area contributed by atoms with Crippen LogP contribution in [0.5, 0.6) is 0 Å². The lowest BCUT2D eigenvalue weighted by molar-refractivity contribution is -0.275. The summed E-state index contributed by atoms with van der Waals surface area (Å²) < 4.78 is 42.1. The summed E-state index contributed by atoms with van der Waals surface area (Å²) in [6.45, 7) is 1.52. The largest absolute Gasteiger partial charge is 0.465 e. The lowest BCUT2D eigenvalue weighted by Gasteiger charge is -2.29. The van der Waals surface area contributed by atoms with Crippen molar-refractivity contribution in [3.05, 3.63) is 68.7 Å². The maximum atomic E-state index is 14.0. The minimum absolute atomic E-state index is 0.00304. The van der Waals surface area contributed by atoms with Gasteiger partial charge in [-0.1, -0.05) is 34.4 Å². The van der Waals surface area contributed by atoms with Crippen LogP contribution >= 0.6 is 23.2 Å². The molecule has 0 saturated heterocycles. The second kappa shape index (κ2) is 7.81. The van der Waals surface area contributed by atoms with Crippen LogP contribution in [0.4, 0.5) is 18.0 Å². The first-order chi connectivity index (χ1) is 13.9. The van der Waals surface area contributed by atoms with Crippen molar-refractivity contribution in [2.75, 3.05) is 0 Å². The van der Waals surface area contributed by atoms with Crippen LogP contribution in [0, 0.1) is 6.92 Å². The fraction of sp³-hybridized carbons (Fsp3) is 0.211. The van der Waals surface area contributed by atoms with Crippen molar-refractivity contribution in [2.45, 2.75) is 25.1 Å². The Labute approximate surface area is 178 Å². The molecule has 0 fully saturated rings. The number of benzene rings is 2. The van der Waals surface area contributed by atoms with Crippen molar-refractivity contribution in [3.63, 3.8) is 0 Å². The quantitative estimate of drug-likeness (QED) is 0.650. The molecule has 158 valence electrons. The summed E-state index contributed by atoms with van der Waals surface area (Å²) in [6.07, 6.45) is -7.00. The maximum absolute atomic E-state index is 14.0. The zero-order valence-electron chi connectivity index (χ0n) is 15.2. The number of carbonyl (C=O) groups is 2. The molecule has 2 amide bonds. The smallest absolute Gasteiger partial charge is 0.435 e. The first-order valence-electron chi connectivity index (χ1n) is 8.36. The van der Waals surface area contributed by atoms with Gasteiger partial charge in [0.2, 0.25) is 0 Å². The molecule has 0 saturated carbocycles. The number of halogens is 5. The fourth-order valence-corrected chi connectivity index (χ4v) is 3.63. The van der Waals surface area contributed by atoms with Gasteiger partial charge in [-0.3, -0.25) is 10.1 Å². The van der Waals surface area contributed by atoms with Gasteiger partial charge in [-0.25, -0.2) is 4.79 Å². The molecular formula is C19H13Cl2F3N2O4. The van der Waals surface area contributed by atoms with E-state index in [0.29, 0.717) is 11.1 Å². The van der Waals surface area contributed by atoms with Crippen molar-refractivity contribution in [3.8, 4) is 0 Å². The predicted molar refractivity (Wildman–Crippen MR) is 103 cm³/mol. The predicted octanol–water partition coefficient (Wildman–Crippen LogP) is 5.29. The van der Waals surface area contributed by atoms with Crippen LogP contribution in [-0.4, -0.2) is 29.0 Å². The van der Waals surface area contributed by atoms with Crippen LogP contribution < -0.4 is 5.32 Å². The Hall–Kier alpha value is -2.78. The molecule has 1 atom stereocenters. The van der Waals surface area contributed by atoms with Crippen LogP contribution in [0.15, 0.2) is 41.6 Å². The second-order valence-corrected chi connectivity index (χ2v) is 7.45. The van der Waals surface area contributed by atoms with Crippen molar-refractivity contribution < 1.29 is 32.7 Å². The second-order valence-electron chi connectivity index (χ2n) is 6.58. The minimum atomic E-state index is -4.83. The summed E-state index contributed by atoms with van der Waals surface area (Å²) in [5.74, 6) is -0.852. The number of oxime groups is 1. The van der Waals surface area contributed by atoms with Gasteiger partial charge in [0.1, 0.15) is 0 Å². The van der Waals surface area contributed by atoms with Crippen LogP contribution in [0.1, 0.15) is 33.5 Å². The number of nitrogens with one attached hydrogen (secondary N) is 1. The number of alkyl halides is 3. The first kappa shape index (κ1) is 21.9. The summed E-state index contributed by atoms with van der Waals surface area (Å²) >= 11 is 11.7. The molecule has 0 aliphatic carbocycles. The van der Waals surface area contributed by atoms with E-state index in [2.05, 4.69) is 5.16 Å². The van der Waals surface area contributed by atoms with Crippen LogP contribution in [-0.2, 0) is 10.4 Å². The number of imide groups is 1. The number of hydrogen-bond donors (Lipinski definition) is 2. The molecular weight excluding hydrogens is 448 g/mol. The molecule has 1 aliphatic rings. The topological polar surface area (TPSA) is 88.0 Å². The Kier molecular flexibility index (Phi) is 5.70. The van der Waals surface area contributed by atoms with Gasteiger partial charge < -0.3 is 9.94 Å². The van der Waals surface area contributed by atoms with E-state index in [9.17, 15) is 22.8 Å². The molecule has 1 unspecified atom stereocenters. The highest BCUT2D eigenvalue weighted by Gasteiger charge is 2.62. The Bertz CT molecular complexity index is 1050. The molecule has 2 aromatic rings. The number of carbonyl (C=O) groups excluding carboxylic acids is 1. The van der Waals surface area contributed by atoms with Crippen LogP contribution in [0.2, 0.25) is 10.0 Å². The monoisotopic (exact) mass is 460 g/mol. The zero-order valence-corrected chi connectivity index (χ0v) is 16.7. The number of nitrogens with zero attached hydrogens (tertiary/aromatic N) is 1. The summed E-state index contributed by atoms with van der Waals surface area (Å²) in [5, 5.41) is 14.0. The highest BCUT2D eigenvalue weighted by atomic mass is 35.5. The average molecular weight is 461 g/mol.